The van der Waals surface area contributed by atoms with Crippen LogP contribution in [0.15, 0.2) is 0 Å². The molecule has 106 valence electrons. The van der Waals surface area contributed by atoms with Gasteiger partial charge < -0.3 is 10.6 Å². The number of halogens is 1. The van der Waals surface area contributed by atoms with Crippen molar-refractivity contribution < 1.29 is 4.79 Å². The van der Waals surface area contributed by atoms with Gasteiger partial charge >= 0.3 is 0 Å². The number of amides is 1. The molecule has 0 aromatic heterocycles. The highest BCUT2D eigenvalue weighted by atomic mass is 35.5. The Labute approximate surface area is 117 Å². The third-order valence-electron chi connectivity index (χ3n) is 4.94. The van der Waals surface area contributed by atoms with Crippen molar-refractivity contribution in [2.45, 2.75) is 52.0 Å². The van der Waals surface area contributed by atoms with Gasteiger partial charge in [0.2, 0.25) is 5.91 Å². The Kier molecular flexibility index (Phi) is 5.93. The molecule has 1 heterocycles. The van der Waals surface area contributed by atoms with Crippen LogP contribution in [-0.2, 0) is 4.79 Å². The second kappa shape index (κ2) is 6.76. The third kappa shape index (κ3) is 3.00. The first kappa shape index (κ1) is 15.8. The van der Waals surface area contributed by atoms with Crippen molar-refractivity contribution in [2.75, 3.05) is 13.1 Å². The summed E-state index contributed by atoms with van der Waals surface area (Å²) >= 11 is 0. The maximum Gasteiger partial charge on any atom is 0.226 e. The molecule has 1 aliphatic carbocycles. The molecule has 4 atom stereocenters. The highest BCUT2D eigenvalue weighted by molar-refractivity contribution is 5.85. The first-order chi connectivity index (χ1) is 8.15. The number of piperidine rings is 1. The fourth-order valence-corrected chi connectivity index (χ4v) is 3.50. The highest BCUT2D eigenvalue weighted by Crippen LogP contribution is 2.34. The summed E-state index contributed by atoms with van der Waals surface area (Å²) in [5.74, 6) is 1.68. The van der Waals surface area contributed by atoms with Gasteiger partial charge in [0, 0.05) is 18.5 Å². The van der Waals surface area contributed by atoms with E-state index in [2.05, 4.69) is 18.7 Å². The second-order valence-electron chi connectivity index (χ2n) is 5.92. The Bertz CT molecular complexity index is 285. The highest BCUT2D eigenvalue weighted by Gasteiger charge is 2.38. The van der Waals surface area contributed by atoms with Gasteiger partial charge in [0.25, 0.3) is 0 Å². The molecule has 0 bridgehead atoms. The van der Waals surface area contributed by atoms with Crippen LogP contribution in [-0.4, -0.2) is 29.9 Å². The summed E-state index contributed by atoms with van der Waals surface area (Å²) in [5.41, 5.74) is 5.78. The minimum atomic E-state index is 0. The number of likely N-dealkylation sites (tertiary alicyclic amines) is 1. The van der Waals surface area contributed by atoms with Gasteiger partial charge in [-0.1, -0.05) is 13.3 Å². The monoisotopic (exact) mass is 274 g/mol. The number of nitrogens with zero attached hydrogens (tertiary/aromatic N) is 1. The van der Waals surface area contributed by atoms with Gasteiger partial charge in [0.05, 0.1) is 0 Å². The maximum absolute atomic E-state index is 12.6. The van der Waals surface area contributed by atoms with Gasteiger partial charge in [-0.3, -0.25) is 4.79 Å². The molecule has 2 fully saturated rings. The number of hydrogen-bond donors (Lipinski definition) is 1. The normalized spacial score (nSPS) is 36.3. The van der Waals surface area contributed by atoms with Crippen LogP contribution in [0.1, 0.15) is 46.0 Å². The number of carbonyl (C=O) groups is 1. The average Bonchev–Trinajstić information content (AvgIpc) is 2.80. The fourth-order valence-electron chi connectivity index (χ4n) is 3.50. The van der Waals surface area contributed by atoms with Crippen LogP contribution in [0.25, 0.3) is 0 Å². The fraction of sp³-hybridized carbons (Fsp3) is 0.929. The van der Waals surface area contributed by atoms with E-state index in [9.17, 15) is 4.79 Å². The van der Waals surface area contributed by atoms with Crippen molar-refractivity contribution in [3.05, 3.63) is 0 Å². The van der Waals surface area contributed by atoms with E-state index >= 15 is 0 Å². The number of nitrogens with two attached hydrogens (primary N) is 1. The van der Waals surface area contributed by atoms with Gasteiger partial charge in [-0.2, -0.15) is 0 Å². The molecular weight excluding hydrogens is 248 g/mol. The molecule has 0 radical (unpaired) electrons. The Morgan fingerprint density at radius 1 is 1.22 bits per heavy atom. The van der Waals surface area contributed by atoms with Crippen LogP contribution >= 0.6 is 12.4 Å². The predicted octanol–water partition coefficient (Wildman–Crippen LogP) is 2.43. The largest absolute Gasteiger partial charge is 0.339 e. The quantitative estimate of drug-likeness (QED) is 0.841. The van der Waals surface area contributed by atoms with E-state index in [0.29, 0.717) is 30.3 Å². The molecule has 0 aromatic rings. The zero-order valence-corrected chi connectivity index (χ0v) is 12.4. The van der Waals surface area contributed by atoms with E-state index in [0.717, 1.165) is 25.8 Å². The van der Waals surface area contributed by atoms with Gasteiger partial charge in [0.1, 0.15) is 0 Å². The minimum Gasteiger partial charge on any atom is -0.339 e. The molecule has 1 saturated heterocycles. The van der Waals surface area contributed by atoms with Gasteiger partial charge in [-0.05, 0) is 51.0 Å². The molecule has 2 aliphatic rings. The lowest BCUT2D eigenvalue weighted by atomic mass is 9.88. The Morgan fingerprint density at radius 2 is 1.94 bits per heavy atom. The van der Waals surface area contributed by atoms with Crippen LogP contribution < -0.4 is 5.73 Å². The SMILES string of the molecule is CC1CCCN(C(=O)[C@@H]2CCC[C@@H]2CN)C1C.Cl. The summed E-state index contributed by atoms with van der Waals surface area (Å²) in [4.78, 5) is 14.7. The lowest BCUT2D eigenvalue weighted by Crippen LogP contribution is -2.49. The van der Waals surface area contributed by atoms with E-state index in [-0.39, 0.29) is 18.3 Å². The van der Waals surface area contributed by atoms with Crippen LogP contribution in [0, 0.1) is 17.8 Å². The van der Waals surface area contributed by atoms with Gasteiger partial charge in [-0.15, -0.1) is 12.4 Å². The lowest BCUT2D eigenvalue weighted by molar-refractivity contribution is -0.141. The van der Waals surface area contributed by atoms with E-state index in [1.165, 1.54) is 12.8 Å². The zero-order chi connectivity index (χ0) is 12.4. The number of carbonyl (C=O) groups excluding carboxylic acids is 1. The molecule has 0 aromatic carbocycles. The molecule has 1 amide bonds. The van der Waals surface area contributed by atoms with E-state index in [4.69, 9.17) is 5.73 Å². The zero-order valence-electron chi connectivity index (χ0n) is 11.6. The van der Waals surface area contributed by atoms with Crippen molar-refractivity contribution in [2.24, 2.45) is 23.5 Å². The molecule has 3 nitrogen and oxygen atoms in total. The molecule has 2 N–H and O–H groups in total. The summed E-state index contributed by atoms with van der Waals surface area (Å²) < 4.78 is 0. The standard InChI is InChI=1S/C14H26N2O.ClH/c1-10-5-4-8-16(11(10)2)14(17)13-7-3-6-12(13)9-15;/h10-13H,3-9,15H2,1-2H3;1H/t10?,11?,12-,13-;/m1./s1. The number of hydrogen-bond acceptors (Lipinski definition) is 2. The topological polar surface area (TPSA) is 46.3 Å². The van der Waals surface area contributed by atoms with Crippen molar-refractivity contribution in [3.63, 3.8) is 0 Å². The van der Waals surface area contributed by atoms with Crippen LogP contribution in [0.2, 0.25) is 0 Å². The van der Waals surface area contributed by atoms with Gasteiger partial charge in [-0.25, -0.2) is 0 Å². The summed E-state index contributed by atoms with van der Waals surface area (Å²) in [7, 11) is 0. The van der Waals surface area contributed by atoms with E-state index in [1.807, 2.05) is 0 Å². The Balaban J connectivity index is 0.00000162. The minimum absolute atomic E-state index is 0. The predicted molar refractivity (Wildman–Crippen MR) is 76.7 cm³/mol. The summed E-state index contributed by atoms with van der Waals surface area (Å²) in [5, 5.41) is 0. The molecular formula is C14H27ClN2O. The van der Waals surface area contributed by atoms with Crippen molar-refractivity contribution in [1.29, 1.82) is 0 Å². The third-order valence-corrected chi connectivity index (χ3v) is 4.94. The smallest absolute Gasteiger partial charge is 0.226 e. The molecule has 4 heteroatoms. The van der Waals surface area contributed by atoms with Crippen molar-refractivity contribution in [1.82, 2.24) is 4.90 Å². The van der Waals surface area contributed by atoms with Crippen LogP contribution in [0.5, 0.6) is 0 Å². The molecule has 1 aliphatic heterocycles. The van der Waals surface area contributed by atoms with E-state index in [1.54, 1.807) is 0 Å². The molecule has 2 unspecified atom stereocenters. The molecule has 18 heavy (non-hydrogen) atoms. The summed E-state index contributed by atoms with van der Waals surface area (Å²) in [6.45, 7) is 6.10. The lowest BCUT2D eigenvalue weighted by Gasteiger charge is -2.40. The average molecular weight is 275 g/mol. The summed E-state index contributed by atoms with van der Waals surface area (Å²) in [6.07, 6.45) is 5.80. The molecule has 1 saturated carbocycles. The van der Waals surface area contributed by atoms with Crippen molar-refractivity contribution >= 4 is 18.3 Å². The second-order valence-corrected chi connectivity index (χ2v) is 5.92. The first-order valence-corrected chi connectivity index (χ1v) is 7.15. The molecule has 2 rings (SSSR count). The number of rotatable bonds is 2. The molecule has 0 spiro atoms. The van der Waals surface area contributed by atoms with Crippen LogP contribution in [0.3, 0.4) is 0 Å². The Morgan fingerprint density at radius 3 is 2.61 bits per heavy atom. The van der Waals surface area contributed by atoms with E-state index < -0.39 is 0 Å². The summed E-state index contributed by atoms with van der Waals surface area (Å²) in [6, 6.07) is 0.412. The van der Waals surface area contributed by atoms with Crippen LogP contribution in [0.4, 0.5) is 0 Å². The first-order valence-electron chi connectivity index (χ1n) is 7.15. The van der Waals surface area contributed by atoms with Crippen molar-refractivity contribution in [3.8, 4) is 0 Å². The van der Waals surface area contributed by atoms with Gasteiger partial charge in [0.15, 0.2) is 0 Å². The maximum atomic E-state index is 12.6. The Hall–Kier alpha value is -0.280.